The molecule has 1 N–H and O–H groups in total. The quantitative estimate of drug-likeness (QED) is 0.0967. The SMILES string of the molecule is CCOC(=O)CCCC=COc1c(Cl)cccc1N(C)C(=O)c1ccc(NC(=O)c2ccccc2-c2ccc(C)cc2)c(C)c1. The molecule has 7 nitrogen and oxygen atoms in total. The second-order valence-electron chi connectivity index (χ2n) is 10.5. The fourth-order valence-electron chi connectivity index (χ4n) is 4.76. The molecule has 2 amide bonds. The molecule has 4 rings (SSSR count). The predicted molar refractivity (Wildman–Crippen MR) is 180 cm³/mol. The highest BCUT2D eigenvalue weighted by Gasteiger charge is 2.20. The van der Waals surface area contributed by atoms with Gasteiger partial charge in [0.25, 0.3) is 11.8 Å². The van der Waals surface area contributed by atoms with Crippen LogP contribution in [0.15, 0.2) is 97.3 Å². The molecule has 232 valence electrons. The van der Waals surface area contributed by atoms with E-state index >= 15 is 0 Å². The monoisotopic (exact) mass is 624 g/mol. The zero-order valence-corrected chi connectivity index (χ0v) is 26.7. The van der Waals surface area contributed by atoms with Crippen LogP contribution in [0.25, 0.3) is 11.1 Å². The normalized spacial score (nSPS) is 10.9. The van der Waals surface area contributed by atoms with Crippen molar-refractivity contribution in [1.29, 1.82) is 0 Å². The van der Waals surface area contributed by atoms with Gasteiger partial charge in [0, 0.05) is 30.3 Å². The standard InChI is InChI=1S/C37H37ClN2O5/c1-5-44-34(41)16-7-6-10-23-45-35-31(38)14-11-15-33(35)40(4)37(43)28-21-22-32(26(3)24-28)39-36(42)30-13-9-8-12-29(30)27-19-17-25(2)18-20-27/h8-15,17-24H,5-7,16H2,1-4H3,(H,39,42). The summed E-state index contributed by atoms with van der Waals surface area (Å²) in [6.07, 6.45) is 4.88. The van der Waals surface area contributed by atoms with E-state index < -0.39 is 0 Å². The van der Waals surface area contributed by atoms with Gasteiger partial charge in [-0.2, -0.15) is 0 Å². The summed E-state index contributed by atoms with van der Waals surface area (Å²) >= 11 is 6.44. The van der Waals surface area contributed by atoms with Gasteiger partial charge in [-0.15, -0.1) is 0 Å². The predicted octanol–water partition coefficient (Wildman–Crippen LogP) is 8.78. The van der Waals surface area contributed by atoms with Gasteiger partial charge >= 0.3 is 5.97 Å². The molecule has 0 fully saturated rings. The van der Waals surface area contributed by atoms with Crippen molar-refractivity contribution in [3.05, 3.63) is 125 Å². The number of aryl methyl sites for hydroxylation is 2. The third-order valence-corrected chi connectivity index (χ3v) is 7.50. The number of carbonyl (C=O) groups excluding carboxylic acids is 3. The van der Waals surface area contributed by atoms with Crippen molar-refractivity contribution in [2.45, 2.75) is 40.0 Å². The molecule has 4 aromatic rings. The number of allylic oxidation sites excluding steroid dienone is 1. The molecule has 0 aromatic heterocycles. The Kier molecular flexibility index (Phi) is 11.5. The Labute approximate surface area is 269 Å². The average Bonchev–Trinajstić information content (AvgIpc) is 3.04. The molecular formula is C37H37ClN2O5. The van der Waals surface area contributed by atoms with Crippen molar-refractivity contribution in [2.75, 3.05) is 23.9 Å². The maximum atomic E-state index is 13.6. The number of hydrogen-bond acceptors (Lipinski definition) is 5. The molecule has 45 heavy (non-hydrogen) atoms. The van der Waals surface area contributed by atoms with E-state index in [9.17, 15) is 14.4 Å². The molecular weight excluding hydrogens is 588 g/mol. The first-order chi connectivity index (χ1) is 21.7. The van der Waals surface area contributed by atoms with Gasteiger partial charge < -0.3 is 19.7 Å². The molecule has 0 heterocycles. The van der Waals surface area contributed by atoms with Gasteiger partial charge in [-0.1, -0.05) is 65.7 Å². The molecule has 8 heteroatoms. The van der Waals surface area contributed by atoms with Crippen LogP contribution in [0.1, 0.15) is 58.0 Å². The summed E-state index contributed by atoms with van der Waals surface area (Å²) < 4.78 is 10.8. The molecule has 0 spiro atoms. The Morgan fingerprint density at radius 1 is 0.933 bits per heavy atom. The number of benzene rings is 4. The highest BCUT2D eigenvalue weighted by atomic mass is 35.5. The number of carbonyl (C=O) groups is 3. The van der Waals surface area contributed by atoms with E-state index in [0.717, 1.165) is 22.3 Å². The number of rotatable bonds is 12. The van der Waals surface area contributed by atoms with E-state index in [4.69, 9.17) is 21.1 Å². The smallest absolute Gasteiger partial charge is 0.305 e. The molecule has 0 radical (unpaired) electrons. The van der Waals surface area contributed by atoms with Crippen LogP contribution in [0.5, 0.6) is 5.75 Å². The number of ether oxygens (including phenoxy) is 2. The topological polar surface area (TPSA) is 84.9 Å². The van der Waals surface area contributed by atoms with E-state index in [1.165, 1.54) is 11.2 Å². The molecule has 0 bridgehead atoms. The van der Waals surface area contributed by atoms with Crippen molar-refractivity contribution in [3.8, 4) is 16.9 Å². The van der Waals surface area contributed by atoms with Gasteiger partial charge in [-0.3, -0.25) is 14.4 Å². The lowest BCUT2D eigenvalue weighted by Crippen LogP contribution is -2.26. The minimum Gasteiger partial charge on any atom is -0.466 e. The van der Waals surface area contributed by atoms with Crippen LogP contribution in [0.2, 0.25) is 5.02 Å². The summed E-state index contributed by atoms with van der Waals surface area (Å²) in [5.41, 5.74) is 5.78. The number of nitrogens with one attached hydrogen (secondary N) is 1. The summed E-state index contributed by atoms with van der Waals surface area (Å²) in [7, 11) is 1.65. The van der Waals surface area contributed by atoms with Gasteiger partial charge in [0.15, 0.2) is 5.75 Å². The van der Waals surface area contributed by atoms with Crippen LogP contribution in [0, 0.1) is 13.8 Å². The zero-order valence-electron chi connectivity index (χ0n) is 25.9. The Morgan fingerprint density at radius 2 is 1.69 bits per heavy atom. The van der Waals surface area contributed by atoms with Crippen LogP contribution in [-0.4, -0.2) is 31.4 Å². The fraction of sp³-hybridized carbons (Fsp3) is 0.216. The maximum absolute atomic E-state index is 13.6. The summed E-state index contributed by atoms with van der Waals surface area (Å²) in [6.45, 7) is 6.01. The molecule has 0 saturated heterocycles. The zero-order chi connectivity index (χ0) is 32.3. The average molecular weight is 625 g/mol. The van der Waals surface area contributed by atoms with Crippen LogP contribution >= 0.6 is 11.6 Å². The number of anilines is 2. The van der Waals surface area contributed by atoms with Gasteiger partial charge in [0.05, 0.1) is 23.6 Å². The molecule has 0 aliphatic rings. The van der Waals surface area contributed by atoms with Crippen LogP contribution in [-0.2, 0) is 9.53 Å². The number of para-hydroxylation sites is 1. The fourth-order valence-corrected chi connectivity index (χ4v) is 4.97. The van der Waals surface area contributed by atoms with Gasteiger partial charge in [-0.05, 0) is 92.8 Å². The number of halogens is 1. The van der Waals surface area contributed by atoms with E-state index in [2.05, 4.69) is 5.32 Å². The third kappa shape index (κ3) is 8.61. The highest BCUT2D eigenvalue weighted by molar-refractivity contribution is 6.32. The summed E-state index contributed by atoms with van der Waals surface area (Å²) in [6, 6.07) is 25.9. The molecule has 0 aliphatic heterocycles. The lowest BCUT2D eigenvalue weighted by atomic mass is 9.98. The molecule has 0 unspecified atom stereocenters. The number of hydrogen-bond donors (Lipinski definition) is 1. The van der Waals surface area contributed by atoms with Gasteiger partial charge in [-0.25, -0.2) is 0 Å². The Balaban J connectivity index is 1.45. The first-order valence-corrected chi connectivity index (χ1v) is 15.2. The number of nitrogens with zero attached hydrogens (tertiary/aromatic N) is 1. The minimum atomic E-state index is -0.272. The maximum Gasteiger partial charge on any atom is 0.305 e. The van der Waals surface area contributed by atoms with Crippen LogP contribution in [0.4, 0.5) is 11.4 Å². The van der Waals surface area contributed by atoms with Crippen molar-refractivity contribution < 1.29 is 23.9 Å². The van der Waals surface area contributed by atoms with E-state index in [1.54, 1.807) is 62.5 Å². The molecule has 0 atom stereocenters. The Morgan fingerprint density at radius 3 is 2.42 bits per heavy atom. The number of esters is 1. The first-order valence-electron chi connectivity index (χ1n) is 14.8. The first kappa shape index (κ1) is 33.0. The van der Waals surface area contributed by atoms with Crippen LogP contribution in [0.3, 0.4) is 0 Å². The van der Waals surface area contributed by atoms with Crippen molar-refractivity contribution in [3.63, 3.8) is 0 Å². The van der Waals surface area contributed by atoms with Crippen LogP contribution < -0.4 is 15.0 Å². The van der Waals surface area contributed by atoms with E-state index in [0.29, 0.717) is 59.1 Å². The molecule has 0 saturated carbocycles. The summed E-state index contributed by atoms with van der Waals surface area (Å²) in [5, 5.41) is 3.36. The van der Waals surface area contributed by atoms with Crippen molar-refractivity contribution in [1.82, 2.24) is 0 Å². The molecule has 4 aromatic carbocycles. The number of unbranched alkanes of at least 4 members (excludes halogenated alkanes) is 1. The second-order valence-corrected chi connectivity index (χ2v) is 10.9. The Hall–Kier alpha value is -4.88. The van der Waals surface area contributed by atoms with Crippen molar-refractivity contribution >= 4 is 40.8 Å². The lowest BCUT2D eigenvalue weighted by molar-refractivity contribution is -0.143. The Bertz CT molecular complexity index is 1700. The van der Waals surface area contributed by atoms with Gasteiger partial charge in [0.1, 0.15) is 0 Å². The lowest BCUT2D eigenvalue weighted by Gasteiger charge is -2.21. The van der Waals surface area contributed by atoms with Gasteiger partial charge in [0.2, 0.25) is 0 Å². The van der Waals surface area contributed by atoms with E-state index in [-0.39, 0.29) is 17.8 Å². The van der Waals surface area contributed by atoms with E-state index in [1.807, 2.05) is 56.3 Å². The second kappa shape index (κ2) is 15.7. The van der Waals surface area contributed by atoms with Crippen molar-refractivity contribution in [2.24, 2.45) is 0 Å². The highest BCUT2D eigenvalue weighted by Crippen LogP contribution is 2.36. The largest absolute Gasteiger partial charge is 0.466 e. The minimum absolute atomic E-state index is 0.227. The molecule has 0 aliphatic carbocycles. The third-order valence-electron chi connectivity index (χ3n) is 7.21. The summed E-state index contributed by atoms with van der Waals surface area (Å²) in [5.74, 6) is -0.398. The summed E-state index contributed by atoms with van der Waals surface area (Å²) in [4.78, 5) is 39.9. The number of amides is 2.